The Kier molecular flexibility index (Phi) is 3.75. The van der Waals surface area contributed by atoms with E-state index in [9.17, 15) is 5.11 Å². The highest BCUT2D eigenvalue weighted by Gasteiger charge is 2.31. The zero-order chi connectivity index (χ0) is 11.4. The third-order valence-corrected chi connectivity index (χ3v) is 3.14. The Hall–Kier alpha value is -1.12. The Morgan fingerprint density at radius 3 is 2.75 bits per heavy atom. The topological polar surface area (TPSA) is 29.5 Å². The van der Waals surface area contributed by atoms with Gasteiger partial charge >= 0.3 is 0 Å². The summed E-state index contributed by atoms with van der Waals surface area (Å²) in [7, 11) is 0. The SMILES string of the molecule is C=C[C@H]1C[C@H](O)C[C@@H]1OCc1ccccc1. The summed E-state index contributed by atoms with van der Waals surface area (Å²) in [5.74, 6) is 0.290. The molecular weight excluding hydrogens is 200 g/mol. The first-order valence-electron chi connectivity index (χ1n) is 5.75. The fraction of sp³-hybridized carbons (Fsp3) is 0.429. The molecule has 0 spiro atoms. The zero-order valence-electron chi connectivity index (χ0n) is 9.38. The highest BCUT2D eigenvalue weighted by atomic mass is 16.5. The average Bonchev–Trinajstić information content (AvgIpc) is 2.68. The third-order valence-electron chi connectivity index (χ3n) is 3.14. The predicted octanol–water partition coefficient (Wildman–Crippen LogP) is 2.53. The van der Waals surface area contributed by atoms with E-state index in [-0.39, 0.29) is 12.2 Å². The summed E-state index contributed by atoms with van der Waals surface area (Å²) >= 11 is 0. The van der Waals surface area contributed by atoms with Crippen LogP contribution in [0.15, 0.2) is 43.0 Å². The van der Waals surface area contributed by atoms with Crippen LogP contribution in [0.3, 0.4) is 0 Å². The van der Waals surface area contributed by atoms with Gasteiger partial charge in [-0.1, -0.05) is 36.4 Å². The Balaban J connectivity index is 1.88. The number of ether oxygens (including phenoxy) is 1. The average molecular weight is 218 g/mol. The van der Waals surface area contributed by atoms with Crippen molar-refractivity contribution >= 4 is 0 Å². The number of benzene rings is 1. The van der Waals surface area contributed by atoms with Crippen molar-refractivity contribution in [3.63, 3.8) is 0 Å². The van der Waals surface area contributed by atoms with Gasteiger partial charge in [0.1, 0.15) is 0 Å². The largest absolute Gasteiger partial charge is 0.393 e. The number of hydrogen-bond acceptors (Lipinski definition) is 2. The van der Waals surface area contributed by atoms with Crippen molar-refractivity contribution in [1.29, 1.82) is 0 Å². The van der Waals surface area contributed by atoms with E-state index in [0.29, 0.717) is 12.5 Å². The molecule has 1 aromatic rings. The third kappa shape index (κ3) is 2.71. The van der Waals surface area contributed by atoms with Crippen molar-refractivity contribution in [2.75, 3.05) is 0 Å². The molecule has 2 heteroatoms. The minimum Gasteiger partial charge on any atom is -0.393 e. The molecule has 1 aliphatic carbocycles. The first-order chi connectivity index (χ1) is 7.79. The van der Waals surface area contributed by atoms with Crippen LogP contribution in [0.4, 0.5) is 0 Å². The van der Waals surface area contributed by atoms with Crippen molar-refractivity contribution in [2.45, 2.75) is 31.7 Å². The van der Waals surface area contributed by atoms with Crippen LogP contribution in [0.2, 0.25) is 0 Å². The molecule has 0 aliphatic heterocycles. The Morgan fingerprint density at radius 2 is 2.06 bits per heavy atom. The molecule has 3 atom stereocenters. The summed E-state index contributed by atoms with van der Waals surface area (Å²) in [4.78, 5) is 0. The monoisotopic (exact) mass is 218 g/mol. The summed E-state index contributed by atoms with van der Waals surface area (Å²) < 4.78 is 5.83. The van der Waals surface area contributed by atoms with E-state index in [2.05, 4.69) is 6.58 Å². The predicted molar refractivity (Wildman–Crippen MR) is 63.9 cm³/mol. The number of aliphatic hydroxyl groups is 1. The molecular formula is C14H18O2. The van der Waals surface area contributed by atoms with Crippen molar-refractivity contribution < 1.29 is 9.84 Å². The molecule has 16 heavy (non-hydrogen) atoms. The summed E-state index contributed by atoms with van der Waals surface area (Å²) in [6.45, 7) is 4.40. The van der Waals surface area contributed by atoms with Gasteiger partial charge in [0, 0.05) is 12.3 Å². The molecule has 86 valence electrons. The minimum absolute atomic E-state index is 0.118. The number of rotatable bonds is 4. The molecule has 0 aromatic heterocycles. The fourth-order valence-electron chi connectivity index (χ4n) is 2.22. The van der Waals surface area contributed by atoms with Gasteiger partial charge in [-0.3, -0.25) is 0 Å². The second-order valence-electron chi connectivity index (χ2n) is 4.36. The molecule has 0 unspecified atom stereocenters. The zero-order valence-corrected chi connectivity index (χ0v) is 9.38. The molecule has 0 amide bonds. The van der Waals surface area contributed by atoms with Gasteiger partial charge in [0.25, 0.3) is 0 Å². The maximum absolute atomic E-state index is 9.57. The van der Waals surface area contributed by atoms with Crippen LogP contribution in [0.25, 0.3) is 0 Å². The van der Waals surface area contributed by atoms with E-state index in [1.165, 1.54) is 5.56 Å². The van der Waals surface area contributed by atoms with Gasteiger partial charge in [-0.15, -0.1) is 6.58 Å². The van der Waals surface area contributed by atoms with Gasteiger partial charge in [-0.05, 0) is 12.0 Å². The van der Waals surface area contributed by atoms with Crippen LogP contribution in [0.5, 0.6) is 0 Å². The summed E-state index contributed by atoms with van der Waals surface area (Å²) in [6.07, 6.45) is 3.29. The van der Waals surface area contributed by atoms with Crippen LogP contribution in [-0.2, 0) is 11.3 Å². The molecule has 1 aliphatic rings. The normalized spacial score (nSPS) is 29.2. The van der Waals surface area contributed by atoms with E-state index in [0.717, 1.165) is 12.8 Å². The second-order valence-corrected chi connectivity index (χ2v) is 4.36. The van der Waals surface area contributed by atoms with Crippen LogP contribution in [0.1, 0.15) is 18.4 Å². The van der Waals surface area contributed by atoms with Gasteiger partial charge in [0.2, 0.25) is 0 Å². The summed E-state index contributed by atoms with van der Waals surface area (Å²) in [5, 5.41) is 9.57. The van der Waals surface area contributed by atoms with E-state index >= 15 is 0 Å². The van der Waals surface area contributed by atoms with Crippen molar-refractivity contribution in [2.24, 2.45) is 5.92 Å². The minimum atomic E-state index is -0.233. The van der Waals surface area contributed by atoms with Crippen molar-refractivity contribution in [1.82, 2.24) is 0 Å². The molecule has 0 bridgehead atoms. The van der Waals surface area contributed by atoms with Crippen molar-refractivity contribution in [3.8, 4) is 0 Å². The van der Waals surface area contributed by atoms with Crippen LogP contribution in [-0.4, -0.2) is 17.3 Å². The number of hydrogen-bond donors (Lipinski definition) is 1. The molecule has 2 nitrogen and oxygen atoms in total. The van der Waals surface area contributed by atoms with Gasteiger partial charge in [-0.25, -0.2) is 0 Å². The van der Waals surface area contributed by atoms with E-state index in [1.54, 1.807) is 0 Å². The van der Waals surface area contributed by atoms with E-state index < -0.39 is 0 Å². The second kappa shape index (κ2) is 5.28. The summed E-state index contributed by atoms with van der Waals surface area (Å²) in [6, 6.07) is 10.1. The fourth-order valence-corrected chi connectivity index (χ4v) is 2.22. The molecule has 0 saturated heterocycles. The van der Waals surface area contributed by atoms with Crippen LogP contribution < -0.4 is 0 Å². The van der Waals surface area contributed by atoms with Crippen molar-refractivity contribution in [3.05, 3.63) is 48.6 Å². The lowest BCUT2D eigenvalue weighted by Gasteiger charge is -2.16. The van der Waals surface area contributed by atoms with Gasteiger partial charge < -0.3 is 9.84 Å². The highest BCUT2D eigenvalue weighted by molar-refractivity contribution is 5.13. The standard InChI is InChI=1S/C14H18O2/c1-2-12-8-13(15)9-14(12)16-10-11-6-4-3-5-7-11/h2-7,12-15H,1,8-10H2/t12-,13-,14-/m0/s1. The first kappa shape index (κ1) is 11.4. The first-order valence-corrected chi connectivity index (χ1v) is 5.75. The Morgan fingerprint density at radius 1 is 1.31 bits per heavy atom. The molecule has 2 rings (SSSR count). The van der Waals surface area contributed by atoms with E-state index in [4.69, 9.17) is 4.74 Å². The lowest BCUT2D eigenvalue weighted by molar-refractivity contribution is 0.0213. The number of aliphatic hydroxyl groups excluding tert-OH is 1. The lowest BCUT2D eigenvalue weighted by atomic mass is 10.1. The maximum atomic E-state index is 9.57. The maximum Gasteiger partial charge on any atom is 0.0720 e. The molecule has 1 saturated carbocycles. The molecule has 0 radical (unpaired) electrons. The van der Waals surface area contributed by atoms with Gasteiger partial charge in [-0.2, -0.15) is 0 Å². The molecule has 1 aromatic carbocycles. The lowest BCUT2D eigenvalue weighted by Crippen LogP contribution is -2.16. The van der Waals surface area contributed by atoms with Crippen LogP contribution in [0, 0.1) is 5.92 Å². The Labute approximate surface area is 96.6 Å². The van der Waals surface area contributed by atoms with E-state index in [1.807, 2.05) is 36.4 Å². The van der Waals surface area contributed by atoms with Gasteiger partial charge in [0.05, 0.1) is 18.8 Å². The smallest absolute Gasteiger partial charge is 0.0720 e. The van der Waals surface area contributed by atoms with Crippen LogP contribution >= 0.6 is 0 Å². The quantitative estimate of drug-likeness (QED) is 0.787. The molecule has 0 heterocycles. The van der Waals surface area contributed by atoms with Gasteiger partial charge in [0.15, 0.2) is 0 Å². The summed E-state index contributed by atoms with van der Waals surface area (Å²) in [5.41, 5.74) is 1.17. The molecule has 1 N–H and O–H groups in total. The highest BCUT2D eigenvalue weighted by Crippen LogP contribution is 2.30. The Bertz CT molecular complexity index is 334. The molecule has 1 fully saturated rings.